The summed E-state index contributed by atoms with van der Waals surface area (Å²) in [7, 11) is 0. The van der Waals surface area contributed by atoms with Crippen molar-refractivity contribution < 1.29 is 14.3 Å². The number of rotatable bonds is 2. The lowest BCUT2D eigenvalue weighted by molar-refractivity contribution is 0.0516. The Bertz CT molecular complexity index is 865. The third kappa shape index (κ3) is 4.19. The standard InChI is InChI=1S/C19H17Cl2NO3/c20-14-5-1-3-12(9-14)6-8-19(24)7-2-4-13(11-19)15-10-16(21)25-17(15)18(22)23/h1,3,5,9-10,13,24H,2,4,7,11H2,(H2,22,23)/t13-,19+/m0/s1. The topological polar surface area (TPSA) is 76.5 Å². The zero-order valence-corrected chi connectivity index (χ0v) is 14.9. The summed E-state index contributed by atoms with van der Waals surface area (Å²) in [5.74, 6) is 5.25. The van der Waals surface area contributed by atoms with Gasteiger partial charge >= 0.3 is 0 Å². The van der Waals surface area contributed by atoms with Crippen LogP contribution >= 0.6 is 23.2 Å². The van der Waals surface area contributed by atoms with E-state index >= 15 is 0 Å². The molecule has 130 valence electrons. The van der Waals surface area contributed by atoms with Crippen LogP contribution in [0.5, 0.6) is 0 Å². The number of hydrogen-bond donors (Lipinski definition) is 2. The van der Waals surface area contributed by atoms with Crippen LogP contribution in [0.1, 0.15) is 53.3 Å². The summed E-state index contributed by atoms with van der Waals surface area (Å²) >= 11 is 11.8. The average molecular weight is 378 g/mol. The van der Waals surface area contributed by atoms with Crippen LogP contribution in [-0.2, 0) is 0 Å². The minimum Gasteiger partial charge on any atom is -0.439 e. The van der Waals surface area contributed by atoms with E-state index in [0.717, 1.165) is 18.4 Å². The Morgan fingerprint density at radius 1 is 1.36 bits per heavy atom. The molecule has 0 bridgehead atoms. The summed E-state index contributed by atoms with van der Waals surface area (Å²) in [6.45, 7) is 0. The second kappa shape index (κ2) is 7.13. The minimum absolute atomic E-state index is 0.0575. The van der Waals surface area contributed by atoms with Gasteiger partial charge in [0.1, 0.15) is 5.60 Å². The maximum Gasteiger partial charge on any atom is 0.284 e. The lowest BCUT2D eigenvalue weighted by atomic mass is 9.75. The molecule has 2 atom stereocenters. The third-order valence-electron chi connectivity index (χ3n) is 4.39. The molecular formula is C19H17Cl2NO3. The molecule has 3 rings (SSSR count). The van der Waals surface area contributed by atoms with Gasteiger partial charge in [0.05, 0.1) is 0 Å². The highest BCUT2D eigenvalue weighted by atomic mass is 35.5. The molecule has 3 N–H and O–H groups in total. The Balaban J connectivity index is 1.85. The first-order chi connectivity index (χ1) is 11.9. The SMILES string of the molecule is NC(=O)c1oc(Cl)cc1[C@H]1CCC[C@@](O)(C#Cc2cccc(Cl)c2)C1. The van der Waals surface area contributed by atoms with Crippen molar-refractivity contribution in [3.8, 4) is 11.8 Å². The Hall–Kier alpha value is -1.93. The Morgan fingerprint density at radius 3 is 2.88 bits per heavy atom. The van der Waals surface area contributed by atoms with E-state index in [0.29, 0.717) is 23.4 Å². The highest BCUT2D eigenvalue weighted by Gasteiger charge is 2.36. The summed E-state index contributed by atoms with van der Waals surface area (Å²) < 4.78 is 5.20. The number of halogens is 2. The molecule has 1 fully saturated rings. The number of hydrogen-bond acceptors (Lipinski definition) is 3. The van der Waals surface area contributed by atoms with Crippen molar-refractivity contribution in [3.63, 3.8) is 0 Å². The molecule has 0 unspecified atom stereocenters. The molecule has 0 radical (unpaired) electrons. The molecule has 1 heterocycles. The quantitative estimate of drug-likeness (QED) is 0.772. The molecule has 0 saturated heterocycles. The van der Waals surface area contributed by atoms with E-state index in [4.69, 9.17) is 33.4 Å². The molecule has 1 amide bonds. The second-order valence-electron chi connectivity index (χ2n) is 6.28. The lowest BCUT2D eigenvalue weighted by Crippen LogP contribution is -2.33. The Labute approximate surface area is 155 Å². The number of furan rings is 1. The van der Waals surface area contributed by atoms with E-state index in [-0.39, 0.29) is 16.9 Å². The van der Waals surface area contributed by atoms with Crippen LogP contribution in [0.25, 0.3) is 0 Å². The molecule has 1 aliphatic rings. The van der Waals surface area contributed by atoms with Crippen molar-refractivity contribution in [2.75, 3.05) is 0 Å². The zero-order chi connectivity index (χ0) is 18.0. The summed E-state index contributed by atoms with van der Waals surface area (Å²) in [6.07, 6.45) is 2.52. The van der Waals surface area contributed by atoms with Crippen molar-refractivity contribution in [2.45, 2.75) is 37.2 Å². The smallest absolute Gasteiger partial charge is 0.284 e. The molecule has 1 aliphatic carbocycles. The molecule has 4 nitrogen and oxygen atoms in total. The minimum atomic E-state index is -1.15. The Morgan fingerprint density at radius 2 is 2.16 bits per heavy atom. The Kier molecular flexibility index (Phi) is 5.10. The maximum atomic E-state index is 11.5. The number of carbonyl (C=O) groups excluding carboxylic acids is 1. The van der Waals surface area contributed by atoms with Gasteiger partial charge < -0.3 is 15.3 Å². The fourth-order valence-electron chi connectivity index (χ4n) is 3.26. The third-order valence-corrected chi connectivity index (χ3v) is 4.81. The van der Waals surface area contributed by atoms with Gasteiger partial charge in [-0.05, 0) is 61.4 Å². The lowest BCUT2D eigenvalue weighted by Gasteiger charge is -2.32. The van der Waals surface area contributed by atoms with Crippen molar-refractivity contribution in [3.05, 3.63) is 57.5 Å². The van der Waals surface area contributed by atoms with Gasteiger partial charge in [-0.25, -0.2) is 0 Å². The van der Waals surface area contributed by atoms with Gasteiger partial charge in [-0.15, -0.1) is 0 Å². The predicted molar refractivity (Wildman–Crippen MR) is 96.7 cm³/mol. The van der Waals surface area contributed by atoms with Gasteiger partial charge in [0, 0.05) is 22.2 Å². The van der Waals surface area contributed by atoms with E-state index in [1.165, 1.54) is 0 Å². The molecule has 0 aliphatic heterocycles. The fourth-order valence-corrected chi connectivity index (χ4v) is 3.64. The maximum absolute atomic E-state index is 11.5. The van der Waals surface area contributed by atoms with Gasteiger partial charge in [-0.1, -0.05) is 29.5 Å². The highest BCUT2D eigenvalue weighted by molar-refractivity contribution is 6.30. The number of carbonyl (C=O) groups is 1. The van der Waals surface area contributed by atoms with Crippen LogP contribution < -0.4 is 5.73 Å². The van der Waals surface area contributed by atoms with E-state index < -0.39 is 11.5 Å². The number of benzene rings is 1. The molecule has 6 heteroatoms. The predicted octanol–water partition coefficient (Wildman–Crippen LogP) is 4.13. The summed E-state index contributed by atoms with van der Waals surface area (Å²) in [5.41, 5.74) is 5.59. The first-order valence-electron chi connectivity index (χ1n) is 7.96. The number of amides is 1. The van der Waals surface area contributed by atoms with E-state index in [1.807, 2.05) is 12.1 Å². The van der Waals surface area contributed by atoms with Crippen LogP contribution in [0.2, 0.25) is 10.2 Å². The normalized spacial score (nSPS) is 22.9. The molecule has 1 saturated carbocycles. The summed E-state index contributed by atoms with van der Waals surface area (Å²) in [4.78, 5) is 11.5. The van der Waals surface area contributed by atoms with Crippen LogP contribution in [0.3, 0.4) is 0 Å². The number of aliphatic hydroxyl groups is 1. The first kappa shape index (κ1) is 17.9. The largest absolute Gasteiger partial charge is 0.439 e. The monoisotopic (exact) mass is 377 g/mol. The van der Waals surface area contributed by atoms with Crippen LogP contribution in [0.4, 0.5) is 0 Å². The van der Waals surface area contributed by atoms with Crippen molar-refractivity contribution >= 4 is 29.1 Å². The van der Waals surface area contributed by atoms with Gasteiger partial charge in [0.15, 0.2) is 11.0 Å². The fraction of sp³-hybridized carbons (Fsp3) is 0.316. The summed E-state index contributed by atoms with van der Waals surface area (Å²) in [6, 6.07) is 8.77. The van der Waals surface area contributed by atoms with Crippen molar-refractivity contribution in [1.29, 1.82) is 0 Å². The van der Waals surface area contributed by atoms with Gasteiger partial charge in [0.25, 0.3) is 5.91 Å². The molecule has 25 heavy (non-hydrogen) atoms. The van der Waals surface area contributed by atoms with E-state index in [9.17, 15) is 9.90 Å². The second-order valence-corrected chi connectivity index (χ2v) is 7.09. The summed E-state index contributed by atoms with van der Waals surface area (Å²) in [5, 5.41) is 11.6. The number of primary amides is 1. The van der Waals surface area contributed by atoms with Crippen molar-refractivity contribution in [1.82, 2.24) is 0 Å². The molecule has 0 spiro atoms. The van der Waals surface area contributed by atoms with Crippen molar-refractivity contribution in [2.24, 2.45) is 5.73 Å². The highest BCUT2D eigenvalue weighted by Crippen LogP contribution is 2.41. The van der Waals surface area contributed by atoms with Crippen LogP contribution in [0.15, 0.2) is 34.7 Å². The molecule has 1 aromatic heterocycles. The van der Waals surface area contributed by atoms with Gasteiger partial charge in [-0.3, -0.25) is 4.79 Å². The van der Waals surface area contributed by atoms with Crippen LogP contribution in [-0.4, -0.2) is 16.6 Å². The van der Waals surface area contributed by atoms with E-state index in [1.54, 1.807) is 18.2 Å². The van der Waals surface area contributed by atoms with E-state index in [2.05, 4.69) is 11.8 Å². The zero-order valence-electron chi connectivity index (χ0n) is 13.4. The van der Waals surface area contributed by atoms with Gasteiger partial charge in [0.2, 0.25) is 0 Å². The van der Waals surface area contributed by atoms with Crippen LogP contribution in [0, 0.1) is 11.8 Å². The number of nitrogens with two attached hydrogens (primary N) is 1. The average Bonchev–Trinajstić information content (AvgIpc) is 2.96. The molecule has 1 aromatic carbocycles. The molecular weight excluding hydrogens is 361 g/mol. The first-order valence-corrected chi connectivity index (χ1v) is 8.72. The molecule has 2 aromatic rings. The van der Waals surface area contributed by atoms with Gasteiger partial charge in [-0.2, -0.15) is 0 Å².